The molecule has 0 saturated heterocycles. The maximum Gasteiger partial charge on any atom is 0.234 e. The van der Waals surface area contributed by atoms with E-state index in [-0.39, 0.29) is 23.3 Å². The van der Waals surface area contributed by atoms with E-state index in [0.29, 0.717) is 0 Å². The lowest BCUT2D eigenvalue weighted by Gasteiger charge is -2.13. The first-order chi connectivity index (χ1) is 17.3. The predicted octanol–water partition coefficient (Wildman–Crippen LogP) is 5.75. The van der Waals surface area contributed by atoms with Gasteiger partial charge in [-0.25, -0.2) is 0 Å². The van der Waals surface area contributed by atoms with Gasteiger partial charge >= 0.3 is 0 Å². The highest BCUT2D eigenvalue weighted by Gasteiger charge is 2.12. The summed E-state index contributed by atoms with van der Waals surface area (Å²) in [4.78, 5) is 24.8. The Labute approximate surface area is 225 Å². The molecule has 8 nitrogen and oxygen atoms in total. The Hall–Kier alpha value is -2.80. The van der Waals surface area contributed by atoms with Crippen molar-refractivity contribution in [1.29, 1.82) is 0 Å². The SMILES string of the molecule is Cc1nnc(SCC(=O)Nc2ccc(-c3ccc(NC(=O)CSc4nnc(C)s4)c(C)c3)cc2C)s1. The number of benzene rings is 2. The van der Waals surface area contributed by atoms with E-state index in [9.17, 15) is 9.59 Å². The van der Waals surface area contributed by atoms with E-state index in [4.69, 9.17) is 0 Å². The summed E-state index contributed by atoms with van der Waals surface area (Å²) in [6.45, 7) is 7.72. The molecule has 12 heteroatoms. The molecule has 0 bridgehead atoms. The van der Waals surface area contributed by atoms with Crippen molar-refractivity contribution < 1.29 is 9.59 Å². The van der Waals surface area contributed by atoms with Gasteiger partial charge in [-0.05, 0) is 74.2 Å². The van der Waals surface area contributed by atoms with Crippen LogP contribution in [-0.2, 0) is 9.59 Å². The zero-order valence-electron chi connectivity index (χ0n) is 20.1. The molecule has 0 spiro atoms. The summed E-state index contributed by atoms with van der Waals surface area (Å²) in [6, 6.07) is 11.9. The van der Waals surface area contributed by atoms with Gasteiger partial charge in [0.15, 0.2) is 8.68 Å². The third kappa shape index (κ3) is 7.12. The molecule has 4 rings (SSSR count). The molecule has 0 aliphatic rings. The Bertz CT molecular complexity index is 1300. The van der Waals surface area contributed by atoms with E-state index in [0.717, 1.165) is 52.3 Å². The van der Waals surface area contributed by atoms with Crippen LogP contribution in [-0.4, -0.2) is 43.7 Å². The van der Waals surface area contributed by atoms with E-state index in [1.165, 1.54) is 46.2 Å². The Morgan fingerprint density at radius 1 is 0.694 bits per heavy atom. The second-order valence-corrected chi connectivity index (χ2v) is 12.7. The van der Waals surface area contributed by atoms with Crippen LogP contribution in [0.15, 0.2) is 45.1 Å². The summed E-state index contributed by atoms with van der Waals surface area (Å²) in [5, 5.41) is 23.7. The third-order valence-corrected chi connectivity index (χ3v) is 8.95. The summed E-state index contributed by atoms with van der Waals surface area (Å²) in [6.07, 6.45) is 0. The molecule has 2 amide bonds. The molecule has 0 saturated carbocycles. The molecule has 4 aromatic rings. The van der Waals surface area contributed by atoms with Crippen molar-refractivity contribution >= 4 is 69.4 Å². The fourth-order valence-corrected chi connectivity index (χ4v) is 6.50. The molecule has 0 radical (unpaired) electrons. The molecule has 0 fully saturated rings. The van der Waals surface area contributed by atoms with Gasteiger partial charge in [0.1, 0.15) is 10.0 Å². The largest absolute Gasteiger partial charge is 0.325 e. The van der Waals surface area contributed by atoms with Gasteiger partial charge in [0.25, 0.3) is 0 Å². The summed E-state index contributed by atoms with van der Waals surface area (Å²) in [5.74, 6) is 0.389. The van der Waals surface area contributed by atoms with Crippen molar-refractivity contribution in [2.75, 3.05) is 22.1 Å². The lowest BCUT2D eigenvalue weighted by Crippen LogP contribution is -2.15. The number of amides is 2. The number of anilines is 2. The van der Waals surface area contributed by atoms with Crippen LogP contribution < -0.4 is 10.6 Å². The number of rotatable bonds is 9. The fourth-order valence-electron chi connectivity index (χ4n) is 3.27. The van der Waals surface area contributed by atoms with Gasteiger partial charge in [-0.1, -0.05) is 58.3 Å². The number of hydrogen-bond acceptors (Lipinski definition) is 10. The van der Waals surface area contributed by atoms with Gasteiger partial charge < -0.3 is 10.6 Å². The quantitative estimate of drug-likeness (QED) is 0.251. The molecule has 2 heterocycles. The van der Waals surface area contributed by atoms with Crippen LogP contribution >= 0.6 is 46.2 Å². The number of carbonyl (C=O) groups is 2. The lowest BCUT2D eigenvalue weighted by atomic mass is 10.00. The second-order valence-electron chi connectivity index (χ2n) is 7.91. The minimum absolute atomic E-state index is 0.0842. The Morgan fingerprint density at radius 2 is 1.11 bits per heavy atom. The van der Waals surface area contributed by atoms with E-state index < -0.39 is 0 Å². The number of carbonyl (C=O) groups excluding carboxylic acids is 2. The number of hydrogen-bond donors (Lipinski definition) is 2. The first kappa shape index (κ1) is 26.3. The standard InChI is InChI=1S/C24H24N6O2S4/c1-13-9-17(5-7-19(13)25-21(31)11-33-23-29-27-15(3)35-23)18-6-8-20(14(2)10-18)26-22(32)12-34-24-30-28-16(4)36-24/h5-10H,11-12H2,1-4H3,(H,25,31)(H,26,32). The van der Waals surface area contributed by atoms with Gasteiger partial charge in [0.2, 0.25) is 11.8 Å². The van der Waals surface area contributed by atoms with Crippen LogP contribution in [0.2, 0.25) is 0 Å². The maximum absolute atomic E-state index is 12.4. The molecule has 0 unspecified atom stereocenters. The van der Waals surface area contributed by atoms with Gasteiger partial charge in [0, 0.05) is 11.4 Å². The zero-order chi connectivity index (χ0) is 25.7. The maximum atomic E-state index is 12.4. The lowest BCUT2D eigenvalue weighted by molar-refractivity contribution is -0.114. The number of thioether (sulfide) groups is 2. The minimum atomic E-state index is -0.0842. The molecule has 2 aromatic carbocycles. The summed E-state index contributed by atoms with van der Waals surface area (Å²) >= 11 is 5.72. The third-order valence-electron chi connectivity index (χ3n) is 5.00. The first-order valence-corrected chi connectivity index (χ1v) is 14.5. The van der Waals surface area contributed by atoms with Gasteiger partial charge in [0.05, 0.1) is 11.5 Å². The highest BCUT2D eigenvalue weighted by Crippen LogP contribution is 2.29. The topological polar surface area (TPSA) is 110 Å². The van der Waals surface area contributed by atoms with E-state index in [2.05, 4.69) is 31.0 Å². The Morgan fingerprint density at radius 3 is 1.44 bits per heavy atom. The average Bonchev–Trinajstić information content (AvgIpc) is 3.46. The van der Waals surface area contributed by atoms with Gasteiger partial charge in [-0.3, -0.25) is 9.59 Å². The molecule has 0 aliphatic heterocycles. The van der Waals surface area contributed by atoms with Crippen LogP contribution in [0.5, 0.6) is 0 Å². The monoisotopic (exact) mass is 556 g/mol. The predicted molar refractivity (Wildman–Crippen MR) is 149 cm³/mol. The number of aryl methyl sites for hydroxylation is 4. The second kappa shape index (κ2) is 12.0. The van der Waals surface area contributed by atoms with Crippen molar-refractivity contribution in [2.24, 2.45) is 0 Å². The van der Waals surface area contributed by atoms with Crippen LogP contribution in [0, 0.1) is 27.7 Å². The minimum Gasteiger partial charge on any atom is -0.325 e. The smallest absolute Gasteiger partial charge is 0.234 e. The van der Waals surface area contributed by atoms with Crippen molar-refractivity contribution in [3.05, 3.63) is 57.5 Å². The Kier molecular flexibility index (Phi) is 8.72. The molecule has 2 N–H and O–H groups in total. The number of nitrogens with zero attached hydrogens (tertiary/aromatic N) is 4. The molecular formula is C24H24N6O2S4. The van der Waals surface area contributed by atoms with Crippen molar-refractivity contribution in [1.82, 2.24) is 20.4 Å². The molecule has 186 valence electrons. The van der Waals surface area contributed by atoms with Crippen LogP contribution in [0.25, 0.3) is 11.1 Å². The first-order valence-electron chi connectivity index (χ1n) is 10.9. The normalized spacial score (nSPS) is 10.9. The zero-order valence-corrected chi connectivity index (χ0v) is 23.4. The molecule has 0 aliphatic carbocycles. The van der Waals surface area contributed by atoms with Crippen molar-refractivity contribution in [3.63, 3.8) is 0 Å². The molecule has 0 atom stereocenters. The summed E-state index contributed by atoms with van der Waals surface area (Å²) in [5.41, 5.74) is 5.57. The summed E-state index contributed by atoms with van der Waals surface area (Å²) < 4.78 is 1.57. The van der Waals surface area contributed by atoms with Crippen LogP contribution in [0.4, 0.5) is 11.4 Å². The number of nitrogens with one attached hydrogen (secondary N) is 2. The van der Waals surface area contributed by atoms with E-state index in [1.54, 1.807) is 0 Å². The average molecular weight is 557 g/mol. The number of aromatic nitrogens is 4. The van der Waals surface area contributed by atoms with E-state index >= 15 is 0 Å². The van der Waals surface area contributed by atoms with Gasteiger partial charge in [-0.2, -0.15) is 0 Å². The summed E-state index contributed by atoms with van der Waals surface area (Å²) in [7, 11) is 0. The van der Waals surface area contributed by atoms with Crippen LogP contribution in [0.1, 0.15) is 21.1 Å². The van der Waals surface area contributed by atoms with Crippen LogP contribution in [0.3, 0.4) is 0 Å². The van der Waals surface area contributed by atoms with Crippen molar-refractivity contribution in [2.45, 2.75) is 36.4 Å². The highest BCUT2D eigenvalue weighted by atomic mass is 32.2. The molecular weight excluding hydrogens is 533 g/mol. The highest BCUT2D eigenvalue weighted by molar-refractivity contribution is 8.01. The Balaban J connectivity index is 1.34. The van der Waals surface area contributed by atoms with Gasteiger partial charge in [-0.15, -0.1) is 20.4 Å². The van der Waals surface area contributed by atoms with Crippen molar-refractivity contribution in [3.8, 4) is 11.1 Å². The fraction of sp³-hybridized carbons (Fsp3) is 0.250. The molecule has 36 heavy (non-hydrogen) atoms. The molecule has 2 aromatic heterocycles. The van der Waals surface area contributed by atoms with E-state index in [1.807, 2.05) is 64.1 Å².